The fourth-order valence-corrected chi connectivity index (χ4v) is 2.31. The third kappa shape index (κ3) is 3.18. The Morgan fingerprint density at radius 3 is 2.74 bits per heavy atom. The number of oxazole rings is 1. The van der Waals surface area contributed by atoms with E-state index in [9.17, 15) is 4.79 Å². The van der Waals surface area contributed by atoms with E-state index in [1.807, 2.05) is 55.5 Å². The molecule has 0 saturated carbocycles. The molecule has 0 spiro atoms. The molecule has 3 rings (SSSR count). The summed E-state index contributed by atoms with van der Waals surface area (Å²) in [6.45, 7) is 3.69. The smallest absolute Gasteiger partial charge is 0.305 e. The molecule has 0 aliphatic carbocycles. The second-order valence-electron chi connectivity index (χ2n) is 5.44. The minimum absolute atomic E-state index is 0.224. The van der Waals surface area contributed by atoms with E-state index in [1.54, 1.807) is 14.0 Å². The molecule has 1 atom stereocenters. The van der Waals surface area contributed by atoms with Crippen LogP contribution in [0.4, 0.5) is 6.01 Å². The number of amides is 1. The number of aromatic nitrogens is 1. The zero-order valence-electron chi connectivity index (χ0n) is 13.3. The van der Waals surface area contributed by atoms with Crippen LogP contribution >= 0.6 is 0 Å². The predicted octanol–water partition coefficient (Wildman–Crippen LogP) is 3.57. The van der Waals surface area contributed by atoms with Gasteiger partial charge < -0.3 is 9.15 Å². The summed E-state index contributed by atoms with van der Waals surface area (Å²) in [4.78, 5) is 18.2. The number of para-hydroxylation sites is 2. The van der Waals surface area contributed by atoms with Gasteiger partial charge in [0.2, 0.25) is 0 Å². The summed E-state index contributed by atoms with van der Waals surface area (Å²) in [6, 6.07) is 15.2. The third-order valence-corrected chi connectivity index (χ3v) is 3.55. The van der Waals surface area contributed by atoms with Gasteiger partial charge in [0, 0.05) is 7.05 Å². The molecule has 2 aromatic carbocycles. The Morgan fingerprint density at radius 1 is 1.22 bits per heavy atom. The summed E-state index contributed by atoms with van der Waals surface area (Å²) < 4.78 is 11.3. The summed E-state index contributed by atoms with van der Waals surface area (Å²) in [5.41, 5.74) is 2.44. The fourth-order valence-electron chi connectivity index (χ4n) is 2.31. The summed E-state index contributed by atoms with van der Waals surface area (Å²) in [5.74, 6) is 0.440. The molecular formula is C18H18N2O3. The standard InChI is InChI=1S/C18H18N2O3/c1-12-7-6-8-14(11-12)22-13(2)17(21)20(3)18-19-15-9-4-5-10-16(15)23-18/h4-11,13H,1-3H3/t13-/m1/s1. The van der Waals surface area contributed by atoms with Gasteiger partial charge in [-0.1, -0.05) is 24.3 Å². The van der Waals surface area contributed by atoms with E-state index in [0.717, 1.165) is 11.1 Å². The highest BCUT2D eigenvalue weighted by molar-refractivity contribution is 5.95. The Kier molecular flexibility index (Phi) is 4.02. The maximum absolute atomic E-state index is 12.5. The molecule has 0 unspecified atom stereocenters. The molecule has 3 aromatic rings. The van der Waals surface area contributed by atoms with Crippen LogP contribution in [0.25, 0.3) is 11.1 Å². The van der Waals surface area contributed by atoms with Crippen molar-refractivity contribution in [2.45, 2.75) is 20.0 Å². The average Bonchev–Trinajstić information content (AvgIpc) is 2.97. The lowest BCUT2D eigenvalue weighted by Gasteiger charge is -2.19. The monoisotopic (exact) mass is 310 g/mol. The molecule has 1 aromatic heterocycles. The third-order valence-electron chi connectivity index (χ3n) is 3.55. The van der Waals surface area contributed by atoms with E-state index in [2.05, 4.69) is 4.98 Å². The number of hydrogen-bond donors (Lipinski definition) is 0. The Hall–Kier alpha value is -2.82. The van der Waals surface area contributed by atoms with Gasteiger partial charge in [-0.05, 0) is 43.7 Å². The van der Waals surface area contributed by atoms with Gasteiger partial charge in [0.1, 0.15) is 11.3 Å². The zero-order chi connectivity index (χ0) is 16.4. The van der Waals surface area contributed by atoms with Gasteiger partial charge in [0.05, 0.1) is 0 Å². The van der Waals surface area contributed by atoms with Crippen LogP contribution in [0.1, 0.15) is 12.5 Å². The van der Waals surface area contributed by atoms with Crippen LogP contribution in [0.2, 0.25) is 0 Å². The molecule has 0 N–H and O–H groups in total. The van der Waals surface area contributed by atoms with E-state index in [-0.39, 0.29) is 11.9 Å². The highest BCUT2D eigenvalue weighted by atomic mass is 16.5. The van der Waals surface area contributed by atoms with E-state index in [0.29, 0.717) is 11.3 Å². The first kappa shape index (κ1) is 15.1. The number of anilines is 1. The lowest BCUT2D eigenvalue weighted by Crippen LogP contribution is -2.38. The summed E-state index contributed by atoms with van der Waals surface area (Å²) in [6.07, 6.45) is -0.642. The first-order chi connectivity index (χ1) is 11.0. The van der Waals surface area contributed by atoms with E-state index in [4.69, 9.17) is 9.15 Å². The average molecular weight is 310 g/mol. The first-order valence-corrected chi connectivity index (χ1v) is 7.41. The number of benzene rings is 2. The molecular weight excluding hydrogens is 292 g/mol. The van der Waals surface area contributed by atoms with Crippen LogP contribution in [0.3, 0.4) is 0 Å². The highest BCUT2D eigenvalue weighted by Gasteiger charge is 2.24. The Morgan fingerprint density at radius 2 is 2.00 bits per heavy atom. The van der Waals surface area contributed by atoms with Crippen LogP contribution in [-0.4, -0.2) is 24.0 Å². The minimum Gasteiger partial charge on any atom is -0.481 e. The first-order valence-electron chi connectivity index (χ1n) is 7.41. The van der Waals surface area contributed by atoms with Gasteiger partial charge in [-0.15, -0.1) is 0 Å². The lowest BCUT2D eigenvalue weighted by molar-refractivity contribution is -0.124. The minimum atomic E-state index is -0.642. The lowest BCUT2D eigenvalue weighted by atomic mass is 10.2. The Bertz CT molecular complexity index is 808. The van der Waals surface area contributed by atoms with Gasteiger partial charge in [-0.3, -0.25) is 9.69 Å². The molecule has 1 heterocycles. The molecule has 0 aliphatic heterocycles. The van der Waals surface area contributed by atoms with E-state index >= 15 is 0 Å². The number of hydrogen-bond acceptors (Lipinski definition) is 4. The van der Waals surface area contributed by atoms with Gasteiger partial charge in [-0.25, -0.2) is 0 Å². The van der Waals surface area contributed by atoms with Gasteiger partial charge in [0.15, 0.2) is 11.7 Å². The van der Waals surface area contributed by atoms with Crippen molar-refractivity contribution in [1.82, 2.24) is 4.98 Å². The van der Waals surface area contributed by atoms with Gasteiger partial charge >= 0.3 is 6.01 Å². The number of ether oxygens (including phenoxy) is 1. The van der Waals surface area contributed by atoms with E-state index < -0.39 is 6.10 Å². The molecule has 5 heteroatoms. The number of carbonyl (C=O) groups excluding carboxylic acids is 1. The molecule has 0 bridgehead atoms. The number of aryl methyl sites for hydroxylation is 1. The van der Waals surface area contributed by atoms with Crippen molar-refractivity contribution < 1.29 is 13.9 Å². The Balaban J connectivity index is 1.75. The second kappa shape index (κ2) is 6.12. The maximum Gasteiger partial charge on any atom is 0.305 e. The number of likely N-dealkylation sites (N-methyl/N-ethyl adjacent to an activating group) is 1. The molecule has 1 amide bonds. The SMILES string of the molecule is Cc1cccc(O[C@H](C)C(=O)N(C)c2nc3ccccc3o2)c1. The van der Waals surface area contributed by atoms with E-state index in [1.165, 1.54) is 4.90 Å². The number of fused-ring (bicyclic) bond motifs is 1. The predicted molar refractivity (Wildman–Crippen MR) is 88.7 cm³/mol. The summed E-state index contributed by atoms with van der Waals surface area (Å²) >= 11 is 0. The largest absolute Gasteiger partial charge is 0.481 e. The number of nitrogens with zero attached hydrogens (tertiary/aromatic N) is 2. The van der Waals surface area contributed by atoms with Crippen molar-refractivity contribution >= 4 is 23.0 Å². The molecule has 0 saturated heterocycles. The van der Waals surface area contributed by atoms with Crippen molar-refractivity contribution in [2.75, 3.05) is 11.9 Å². The fraction of sp³-hybridized carbons (Fsp3) is 0.222. The molecule has 23 heavy (non-hydrogen) atoms. The van der Waals surface area contributed by atoms with Crippen molar-refractivity contribution in [3.8, 4) is 5.75 Å². The highest BCUT2D eigenvalue weighted by Crippen LogP contribution is 2.22. The quantitative estimate of drug-likeness (QED) is 0.739. The summed E-state index contributed by atoms with van der Waals surface area (Å²) in [7, 11) is 1.63. The van der Waals surface area contributed by atoms with Crippen molar-refractivity contribution in [3.63, 3.8) is 0 Å². The number of carbonyl (C=O) groups is 1. The molecule has 5 nitrogen and oxygen atoms in total. The summed E-state index contributed by atoms with van der Waals surface area (Å²) in [5, 5.41) is 0. The molecule has 0 aliphatic rings. The van der Waals surface area contributed by atoms with Gasteiger partial charge in [-0.2, -0.15) is 4.98 Å². The molecule has 118 valence electrons. The molecule has 0 fully saturated rings. The van der Waals surface area contributed by atoms with Gasteiger partial charge in [0.25, 0.3) is 5.91 Å². The normalized spacial score (nSPS) is 12.1. The van der Waals surface area contributed by atoms with Crippen molar-refractivity contribution in [1.29, 1.82) is 0 Å². The number of rotatable bonds is 4. The topological polar surface area (TPSA) is 55.6 Å². The molecule has 0 radical (unpaired) electrons. The van der Waals surface area contributed by atoms with Crippen molar-refractivity contribution in [3.05, 3.63) is 54.1 Å². The second-order valence-corrected chi connectivity index (χ2v) is 5.44. The van der Waals surface area contributed by atoms with Crippen LogP contribution in [0.5, 0.6) is 5.75 Å². The van der Waals surface area contributed by atoms with Crippen LogP contribution in [-0.2, 0) is 4.79 Å². The van der Waals surface area contributed by atoms with Crippen LogP contribution < -0.4 is 9.64 Å². The van der Waals surface area contributed by atoms with Crippen LogP contribution in [0.15, 0.2) is 52.9 Å². The van der Waals surface area contributed by atoms with Crippen molar-refractivity contribution in [2.24, 2.45) is 0 Å². The Labute approximate surface area is 134 Å². The van der Waals surface area contributed by atoms with Crippen LogP contribution in [0, 0.1) is 6.92 Å². The zero-order valence-corrected chi connectivity index (χ0v) is 13.3. The maximum atomic E-state index is 12.5.